The monoisotopic (exact) mass is 458 g/mol. The van der Waals surface area contributed by atoms with Crippen LogP contribution < -0.4 is 20.4 Å². The molecule has 2 aliphatic heterocycles. The number of rotatable bonds is 5. The normalized spacial score (nSPS) is 16.9. The van der Waals surface area contributed by atoms with Crippen LogP contribution in [-0.2, 0) is 0 Å². The van der Waals surface area contributed by atoms with Gasteiger partial charge in [-0.1, -0.05) is 6.07 Å². The molecule has 0 radical (unpaired) electrons. The Morgan fingerprint density at radius 2 is 2.24 bits per heavy atom. The maximum atomic E-state index is 13.6. The number of oxazole rings is 1. The molecule has 1 aromatic carbocycles. The van der Waals surface area contributed by atoms with Gasteiger partial charge >= 0.3 is 0 Å². The fraction of sp³-hybridized carbons (Fsp3) is 0.304. The Hall–Kier alpha value is -4.46. The predicted molar refractivity (Wildman–Crippen MR) is 124 cm³/mol. The summed E-state index contributed by atoms with van der Waals surface area (Å²) in [6.45, 7) is 1.24. The van der Waals surface area contributed by atoms with Crippen LogP contribution in [0.5, 0.6) is 0 Å². The van der Waals surface area contributed by atoms with Crippen molar-refractivity contribution in [1.82, 2.24) is 20.3 Å². The van der Waals surface area contributed by atoms with Crippen LogP contribution in [0.1, 0.15) is 33.7 Å². The molecule has 34 heavy (non-hydrogen) atoms. The van der Waals surface area contributed by atoms with Crippen molar-refractivity contribution in [3.63, 3.8) is 0 Å². The molecule has 11 nitrogen and oxygen atoms in total. The Labute approximate surface area is 195 Å². The van der Waals surface area contributed by atoms with Gasteiger partial charge in [0.15, 0.2) is 5.69 Å². The van der Waals surface area contributed by atoms with Crippen molar-refractivity contribution in [2.45, 2.75) is 18.9 Å². The van der Waals surface area contributed by atoms with Gasteiger partial charge in [0.05, 0.1) is 6.07 Å². The van der Waals surface area contributed by atoms with Gasteiger partial charge < -0.3 is 24.9 Å². The highest BCUT2D eigenvalue weighted by Gasteiger charge is 2.37. The molecule has 2 amide bonds. The van der Waals surface area contributed by atoms with E-state index in [0.717, 1.165) is 19.4 Å². The van der Waals surface area contributed by atoms with Crippen LogP contribution in [0.25, 0.3) is 11.5 Å². The number of amides is 2. The van der Waals surface area contributed by atoms with Gasteiger partial charge in [0.2, 0.25) is 11.8 Å². The van der Waals surface area contributed by atoms with Crippen molar-refractivity contribution >= 4 is 29.3 Å². The lowest BCUT2D eigenvalue weighted by atomic mass is 10.1. The number of nitrogens with zero attached hydrogens (tertiary/aromatic N) is 6. The van der Waals surface area contributed by atoms with Crippen molar-refractivity contribution < 1.29 is 14.0 Å². The average Bonchev–Trinajstić information content (AvgIpc) is 3.53. The second-order valence-corrected chi connectivity index (χ2v) is 8.02. The molecule has 3 aromatic rings. The van der Waals surface area contributed by atoms with Gasteiger partial charge in [-0.2, -0.15) is 10.2 Å². The molecule has 5 rings (SSSR count). The smallest absolute Gasteiger partial charge is 0.274 e. The van der Waals surface area contributed by atoms with Crippen LogP contribution >= 0.6 is 0 Å². The fourth-order valence-electron chi connectivity index (χ4n) is 4.36. The zero-order chi connectivity index (χ0) is 23.7. The molecule has 1 atom stereocenters. The van der Waals surface area contributed by atoms with Crippen molar-refractivity contribution in [1.29, 1.82) is 5.26 Å². The average molecular weight is 458 g/mol. The van der Waals surface area contributed by atoms with E-state index in [1.165, 1.54) is 6.26 Å². The first-order valence-electron chi connectivity index (χ1n) is 10.9. The number of carbonyl (C=O) groups excluding carboxylic acids is 2. The highest BCUT2D eigenvalue weighted by Crippen LogP contribution is 2.35. The molecule has 0 aliphatic carbocycles. The van der Waals surface area contributed by atoms with Gasteiger partial charge in [0.25, 0.3) is 11.8 Å². The number of nitrogens with one attached hydrogen (secondary N) is 2. The zero-order valence-corrected chi connectivity index (χ0v) is 18.5. The number of anilines is 3. The van der Waals surface area contributed by atoms with Crippen LogP contribution in [0.2, 0.25) is 0 Å². The van der Waals surface area contributed by atoms with Gasteiger partial charge in [0, 0.05) is 43.6 Å². The summed E-state index contributed by atoms with van der Waals surface area (Å²) in [6, 6.07) is 9.28. The number of aromatic nitrogens is 3. The summed E-state index contributed by atoms with van der Waals surface area (Å²) >= 11 is 0. The Morgan fingerprint density at radius 3 is 3.06 bits per heavy atom. The topological polar surface area (TPSA) is 140 Å². The first kappa shape index (κ1) is 21.4. The highest BCUT2D eigenvalue weighted by molar-refractivity contribution is 6.10. The Balaban J connectivity index is 1.48. The van der Waals surface area contributed by atoms with Crippen LogP contribution in [0.3, 0.4) is 0 Å². The van der Waals surface area contributed by atoms with E-state index in [1.54, 1.807) is 24.2 Å². The number of fused-ring (bicyclic) bond motifs is 3. The molecule has 2 aliphatic rings. The van der Waals surface area contributed by atoms with Crippen LogP contribution in [0, 0.1) is 11.3 Å². The molecule has 0 bridgehead atoms. The van der Waals surface area contributed by atoms with Crippen LogP contribution in [-0.4, -0.2) is 59.5 Å². The van der Waals surface area contributed by atoms with Crippen molar-refractivity contribution in [2.75, 3.05) is 41.8 Å². The van der Waals surface area contributed by atoms with Crippen molar-refractivity contribution in [2.24, 2.45) is 0 Å². The molecule has 2 aromatic heterocycles. The standard InChI is InChI=1S/C23H22N8O3/c1-25-23-27-11-17-19(29-23)30-9-3-6-16(30)12-31(22(17)33)15-5-2-4-14(10-15)21-28-18(13-34-21)20(32)26-8-7-24/h2,4-5,10-11,13,16H,3,6,8-9,12H2,1H3,(H,26,32)(H,25,27,29). The van der Waals surface area contributed by atoms with Gasteiger partial charge in [-0.15, -0.1) is 0 Å². The van der Waals surface area contributed by atoms with E-state index in [1.807, 2.05) is 24.3 Å². The molecule has 2 N–H and O–H groups in total. The highest BCUT2D eigenvalue weighted by atomic mass is 16.3. The molecule has 4 heterocycles. The van der Waals surface area contributed by atoms with E-state index in [0.29, 0.717) is 35.1 Å². The molecule has 1 fully saturated rings. The number of hydrogen-bond donors (Lipinski definition) is 2. The fourth-order valence-corrected chi connectivity index (χ4v) is 4.36. The van der Waals surface area contributed by atoms with E-state index in [4.69, 9.17) is 9.68 Å². The molecular weight excluding hydrogens is 436 g/mol. The van der Waals surface area contributed by atoms with Crippen LogP contribution in [0.4, 0.5) is 17.5 Å². The quantitative estimate of drug-likeness (QED) is 0.550. The molecule has 1 saturated heterocycles. The Morgan fingerprint density at radius 1 is 1.35 bits per heavy atom. The Kier molecular flexibility index (Phi) is 5.55. The zero-order valence-electron chi connectivity index (χ0n) is 18.5. The summed E-state index contributed by atoms with van der Waals surface area (Å²) < 4.78 is 5.50. The molecule has 11 heteroatoms. The first-order chi connectivity index (χ1) is 16.6. The molecule has 0 saturated carbocycles. The van der Waals surface area contributed by atoms with E-state index >= 15 is 0 Å². The van der Waals surface area contributed by atoms with Gasteiger partial charge in [-0.3, -0.25) is 9.59 Å². The third-order valence-electron chi connectivity index (χ3n) is 5.98. The van der Waals surface area contributed by atoms with Crippen LogP contribution in [0.15, 0.2) is 41.1 Å². The molecule has 1 unspecified atom stereocenters. The van der Waals surface area contributed by atoms with E-state index < -0.39 is 5.91 Å². The van der Waals surface area contributed by atoms with E-state index in [-0.39, 0.29) is 30.1 Å². The number of nitriles is 1. The minimum absolute atomic E-state index is 0.0783. The second kappa shape index (κ2) is 8.82. The van der Waals surface area contributed by atoms with E-state index in [2.05, 4.69) is 30.5 Å². The maximum absolute atomic E-state index is 13.6. The third kappa shape index (κ3) is 3.79. The Bertz CT molecular complexity index is 1300. The molecular formula is C23H22N8O3. The number of carbonyl (C=O) groups is 2. The molecule has 172 valence electrons. The van der Waals surface area contributed by atoms with E-state index in [9.17, 15) is 9.59 Å². The lowest BCUT2D eigenvalue weighted by Gasteiger charge is -2.27. The minimum atomic E-state index is -0.491. The number of benzene rings is 1. The third-order valence-corrected chi connectivity index (χ3v) is 5.98. The van der Waals surface area contributed by atoms with Gasteiger partial charge in [0.1, 0.15) is 24.2 Å². The first-order valence-corrected chi connectivity index (χ1v) is 10.9. The number of hydrogen-bond acceptors (Lipinski definition) is 9. The summed E-state index contributed by atoms with van der Waals surface area (Å²) in [5, 5.41) is 14.0. The summed E-state index contributed by atoms with van der Waals surface area (Å²) in [6.07, 6.45) is 4.81. The summed E-state index contributed by atoms with van der Waals surface area (Å²) in [5.74, 6) is 0.718. The lowest BCUT2D eigenvalue weighted by Crippen LogP contribution is -2.39. The lowest BCUT2D eigenvalue weighted by molar-refractivity contribution is 0.0952. The maximum Gasteiger partial charge on any atom is 0.274 e. The second-order valence-electron chi connectivity index (χ2n) is 8.02. The van der Waals surface area contributed by atoms with Gasteiger partial charge in [-0.25, -0.2) is 9.97 Å². The van der Waals surface area contributed by atoms with Crippen molar-refractivity contribution in [3.05, 3.63) is 48.0 Å². The van der Waals surface area contributed by atoms with Crippen molar-refractivity contribution in [3.8, 4) is 17.5 Å². The SMILES string of the molecule is CNc1ncc2c(n1)N1CCCC1CN(c1cccc(-c3nc(C(=O)NCC#N)co3)c1)C2=O. The minimum Gasteiger partial charge on any atom is -0.444 e. The predicted octanol–water partition coefficient (Wildman–Crippen LogP) is 2.06. The largest absolute Gasteiger partial charge is 0.444 e. The molecule has 0 spiro atoms. The van der Waals surface area contributed by atoms with Gasteiger partial charge in [-0.05, 0) is 31.0 Å². The summed E-state index contributed by atoms with van der Waals surface area (Å²) in [5.41, 5.74) is 1.85. The summed E-state index contributed by atoms with van der Waals surface area (Å²) in [7, 11) is 1.75. The summed E-state index contributed by atoms with van der Waals surface area (Å²) in [4.78, 5) is 42.7.